The molecule has 1 aromatic rings. The van der Waals surface area contributed by atoms with Crippen molar-refractivity contribution in [2.45, 2.75) is 30.6 Å². The van der Waals surface area contributed by atoms with Crippen LogP contribution in [0.4, 0.5) is 4.39 Å². The Hall–Kier alpha value is -1.09. The molecule has 0 aliphatic heterocycles. The number of allylic oxidation sites excluding steroid dienone is 2. The molecule has 0 radical (unpaired) electrons. The minimum absolute atomic E-state index is 0.193. The molecule has 0 amide bonds. The zero-order valence-electron chi connectivity index (χ0n) is 9.62. The standard InChI is InChI=1S/C14H15FOS/c15-12-7-4-8-13(9-12)17-10-14(16)11-5-2-1-3-6-11/h4-5,7-9H,1-3,6,10H2. The van der Waals surface area contributed by atoms with Gasteiger partial charge in [0.05, 0.1) is 5.75 Å². The van der Waals surface area contributed by atoms with Gasteiger partial charge >= 0.3 is 0 Å². The molecule has 0 fully saturated rings. The van der Waals surface area contributed by atoms with E-state index in [0.717, 1.165) is 29.7 Å². The fourth-order valence-electron chi connectivity index (χ4n) is 1.89. The van der Waals surface area contributed by atoms with Crippen molar-refractivity contribution in [2.24, 2.45) is 0 Å². The lowest BCUT2D eigenvalue weighted by Gasteiger charge is -2.11. The highest BCUT2D eigenvalue weighted by atomic mass is 32.2. The van der Waals surface area contributed by atoms with Gasteiger partial charge in [0.25, 0.3) is 0 Å². The van der Waals surface area contributed by atoms with Crippen molar-refractivity contribution in [1.29, 1.82) is 0 Å². The highest BCUT2D eigenvalue weighted by molar-refractivity contribution is 8.00. The molecule has 17 heavy (non-hydrogen) atoms. The monoisotopic (exact) mass is 250 g/mol. The van der Waals surface area contributed by atoms with Crippen LogP contribution in [0, 0.1) is 5.82 Å². The number of halogens is 1. The van der Waals surface area contributed by atoms with Gasteiger partial charge in [-0.3, -0.25) is 4.79 Å². The summed E-state index contributed by atoms with van der Waals surface area (Å²) in [5.41, 5.74) is 0.958. The summed E-state index contributed by atoms with van der Waals surface area (Å²) in [6, 6.07) is 6.38. The Morgan fingerprint density at radius 3 is 2.94 bits per heavy atom. The second kappa shape index (κ2) is 6.01. The van der Waals surface area contributed by atoms with Crippen LogP contribution in [0.25, 0.3) is 0 Å². The molecule has 1 aliphatic rings. The molecule has 1 aliphatic carbocycles. The van der Waals surface area contributed by atoms with Gasteiger partial charge in [0.1, 0.15) is 5.82 Å². The van der Waals surface area contributed by atoms with Crippen molar-refractivity contribution in [1.82, 2.24) is 0 Å². The third-order valence-electron chi connectivity index (χ3n) is 2.82. The summed E-state index contributed by atoms with van der Waals surface area (Å²) in [6.07, 6.45) is 6.28. The molecule has 0 spiro atoms. The van der Waals surface area contributed by atoms with Crippen LogP contribution in [-0.2, 0) is 4.79 Å². The zero-order valence-corrected chi connectivity index (χ0v) is 10.4. The topological polar surface area (TPSA) is 17.1 Å². The molecule has 1 nitrogen and oxygen atoms in total. The Morgan fingerprint density at radius 1 is 1.35 bits per heavy atom. The van der Waals surface area contributed by atoms with Crippen LogP contribution in [-0.4, -0.2) is 11.5 Å². The maximum atomic E-state index is 12.9. The fourth-order valence-corrected chi connectivity index (χ4v) is 2.74. The van der Waals surface area contributed by atoms with Gasteiger partial charge in [0.15, 0.2) is 5.78 Å². The molecule has 0 unspecified atom stereocenters. The van der Waals surface area contributed by atoms with Gasteiger partial charge < -0.3 is 0 Å². The largest absolute Gasteiger partial charge is 0.294 e. The Labute approximate surface area is 105 Å². The maximum absolute atomic E-state index is 12.9. The number of benzene rings is 1. The van der Waals surface area contributed by atoms with Crippen LogP contribution in [0.2, 0.25) is 0 Å². The van der Waals surface area contributed by atoms with E-state index in [2.05, 4.69) is 6.08 Å². The van der Waals surface area contributed by atoms with E-state index in [1.165, 1.54) is 30.3 Å². The number of Topliss-reactive ketones (excluding diaryl/α,β-unsaturated/α-hetero) is 1. The summed E-state index contributed by atoms with van der Waals surface area (Å²) >= 11 is 1.41. The molecular weight excluding hydrogens is 235 g/mol. The van der Waals surface area contributed by atoms with E-state index in [0.29, 0.717) is 5.75 Å². The average molecular weight is 250 g/mol. The summed E-state index contributed by atoms with van der Waals surface area (Å²) in [4.78, 5) is 12.7. The van der Waals surface area contributed by atoms with E-state index >= 15 is 0 Å². The van der Waals surface area contributed by atoms with E-state index in [4.69, 9.17) is 0 Å². The summed E-state index contributed by atoms with van der Waals surface area (Å²) in [5, 5.41) is 0. The SMILES string of the molecule is O=C(CSc1cccc(F)c1)C1=CCCCC1. The van der Waals surface area contributed by atoms with E-state index in [9.17, 15) is 9.18 Å². The third kappa shape index (κ3) is 3.70. The molecule has 1 aromatic carbocycles. The van der Waals surface area contributed by atoms with Crippen LogP contribution in [0.3, 0.4) is 0 Å². The molecule has 0 N–H and O–H groups in total. The summed E-state index contributed by atoms with van der Waals surface area (Å²) in [5.74, 6) is 0.355. The summed E-state index contributed by atoms with van der Waals surface area (Å²) in [6.45, 7) is 0. The number of rotatable bonds is 4. The van der Waals surface area contributed by atoms with Crippen molar-refractivity contribution in [2.75, 3.05) is 5.75 Å². The molecule has 0 saturated heterocycles. The third-order valence-corrected chi connectivity index (χ3v) is 3.81. The van der Waals surface area contributed by atoms with Gasteiger partial charge in [-0.1, -0.05) is 12.1 Å². The fraction of sp³-hybridized carbons (Fsp3) is 0.357. The highest BCUT2D eigenvalue weighted by Crippen LogP contribution is 2.23. The van der Waals surface area contributed by atoms with Crippen LogP contribution in [0.1, 0.15) is 25.7 Å². The smallest absolute Gasteiger partial charge is 0.168 e. The highest BCUT2D eigenvalue weighted by Gasteiger charge is 2.12. The van der Waals surface area contributed by atoms with E-state index < -0.39 is 0 Å². The molecule has 0 aromatic heterocycles. The maximum Gasteiger partial charge on any atom is 0.168 e. The molecule has 3 heteroatoms. The van der Waals surface area contributed by atoms with Crippen molar-refractivity contribution in [3.05, 3.63) is 41.7 Å². The average Bonchev–Trinajstić information content (AvgIpc) is 2.37. The minimum atomic E-state index is -0.251. The summed E-state index contributed by atoms with van der Waals surface area (Å²) < 4.78 is 12.9. The van der Waals surface area contributed by atoms with Crippen LogP contribution < -0.4 is 0 Å². The van der Waals surface area contributed by atoms with Crippen molar-refractivity contribution < 1.29 is 9.18 Å². The van der Waals surface area contributed by atoms with Crippen LogP contribution in [0.15, 0.2) is 40.8 Å². The van der Waals surface area contributed by atoms with Crippen molar-refractivity contribution in [3.63, 3.8) is 0 Å². The first kappa shape index (κ1) is 12.4. The normalized spacial score (nSPS) is 15.5. The van der Waals surface area contributed by atoms with Crippen LogP contribution >= 0.6 is 11.8 Å². The number of hydrogen-bond donors (Lipinski definition) is 0. The van der Waals surface area contributed by atoms with Crippen LogP contribution in [0.5, 0.6) is 0 Å². The lowest BCUT2D eigenvalue weighted by atomic mass is 9.97. The zero-order chi connectivity index (χ0) is 12.1. The Kier molecular flexibility index (Phi) is 4.37. The molecule has 0 heterocycles. The Bertz CT molecular complexity index is 440. The van der Waals surface area contributed by atoms with Gasteiger partial charge in [-0.05, 0) is 49.5 Å². The molecule has 0 bridgehead atoms. The molecule has 2 rings (SSSR count). The minimum Gasteiger partial charge on any atom is -0.294 e. The molecule has 0 atom stereocenters. The van der Waals surface area contributed by atoms with Gasteiger partial charge in [-0.15, -0.1) is 11.8 Å². The quantitative estimate of drug-likeness (QED) is 0.752. The first-order chi connectivity index (χ1) is 8.25. The second-order valence-electron chi connectivity index (χ2n) is 4.14. The number of carbonyl (C=O) groups excluding carboxylic acids is 1. The number of thioether (sulfide) groups is 1. The molecule has 90 valence electrons. The number of ketones is 1. The van der Waals surface area contributed by atoms with E-state index in [-0.39, 0.29) is 11.6 Å². The van der Waals surface area contributed by atoms with Crippen molar-refractivity contribution >= 4 is 17.5 Å². The summed E-state index contributed by atoms with van der Waals surface area (Å²) in [7, 11) is 0. The van der Waals surface area contributed by atoms with E-state index in [1.54, 1.807) is 6.07 Å². The van der Waals surface area contributed by atoms with Gasteiger partial charge in [-0.2, -0.15) is 0 Å². The first-order valence-corrected chi connectivity index (χ1v) is 6.85. The molecular formula is C14H15FOS. The Balaban J connectivity index is 1.89. The molecule has 0 saturated carbocycles. The second-order valence-corrected chi connectivity index (χ2v) is 5.19. The predicted molar refractivity (Wildman–Crippen MR) is 68.7 cm³/mol. The number of carbonyl (C=O) groups is 1. The van der Waals surface area contributed by atoms with Gasteiger partial charge in [-0.25, -0.2) is 4.39 Å². The van der Waals surface area contributed by atoms with E-state index in [1.807, 2.05) is 6.07 Å². The van der Waals surface area contributed by atoms with Gasteiger partial charge in [0.2, 0.25) is 0 Å². The lowest BCUT2D eigenvalue weighted by molar-refractivity contribution is -0.113. The number of hydrogen-bond acceptors (Lipinski definition) is 2. The predicted octanol–water partition coefficient (Wildman–Crippen LogP) is 3.99. The van der Waals surface area contributed by atoms with Crippen molar-refractivity contribution in [3.8, 4) is 0 Å². The lowest BCUT2D eigenvalue weighted by Crippen LogP contribution is -2.08. The van der Waals surface area contributed by atoms with Gasteiger partial charge in [0, 0.05) is 4.90 Å². The Morgan fingerprint density at radius 2 is 2.24 bits per heavy atom. The first-order valence-electron chi connectivity index (χ1n) is 5.86.